The molecule has 21 heavy (non-hydrogen) atoms. The Hall–Kier alpha value is -1.96. The highest BCUT2D eigenvalue weighted by Crippen LogP contribution is 2.34. The number of amides is 1. The van der Waals surface area contributed by atoms with E-state index < -0.39 is 0 Å². The number of fused-ring (bicyclic) bond motifs is 1. The number of carbonyl (C=O) groups is 1. The molecule has 0 fully saturated rings. The molecular formula is C14H14N4OS2. The highest BCUT2D eigenvalue weighted by Gasteiger charge is 2.13. The van der Waals surface area contributed by atoms with Crippen LogP contribution in [0.3, 0.4) is 0 Å². The standard InChI is InChI=1S/C14H14N4OS2/c1-18(21-12-6-3-7-20-12)11-5-2-4-9-8-10(14(19)17-15)16-13(9)11/h2-8,16H,15H2,1H3,(H,17,19). The Morgan fingerprint density at radius 2 is 2.24 bits per heavy atom. The molecule has 0 aliphatic rings. The lowest BCUT2D eigenvalue weighted by molar-refractivity contribution is 0.0949. The second-order valence-electron chi connectivity index (χ2n) is 4.42. The van der Waals surface area contributed by atoms with Crippen molar-refractivity contribution in [2.45, 2.75) is 4.21 Å². The fraction of sp³-hybridized carbons (Fsp3) is 0.0714. The van der Waals surface area contributed by atoms with Crippen molar-refractivity contribution >= 4 is 45.8 Å². The highest BCUT2D eigenvalue weighted by atomic mass is 32.2. The summed E-state index contributed by atoms with van der Waals surface area (Å²) in [4.78, 5) is 14.8. The van der Waals surface area contributed by atoms with Crippen molar-refractivity contribution in [2.24, 2.45) is 5.84 Å². The van der Waals surface area contributed by atoms with Crippen LogP contribution < -0.4 is 15.6 Å². The van der Waals surface area contributed by atoms with Crippen LogP contribution in [0.25, 0.3) is 10.9 Å². The van der Waals surface area contributed by atoms with Crippen molar-refractivity contribution in [3.63, 3.8) is 0 Å². The number of hydrazine groups is 1. The fourth-order valence-corrected chi connectivity index (χ4v) is 3.88. The van der Waals surface area contributed by atoms with Crippen molar-refractivity contribution < 1.29 is 4.79 Å². The number of rotatable bonds is 4. The largest absolute Gasteiger partial charge is 0.349 e. The number of para-hydroxylation sites is 1. The van der Waals surface area contributed by atoms with Crippen molar-refractivity contribution in [1.82, 2.24) is 10.4 Å². The number of hydrogen-bond donors (Lipinski definition) is 3. The molecule has 0 aliphatic heterocycles. The van der Waals surface area contributed by atoms with Gasteiger partial charge in [0.25, 0.3) is 5.91 Å². The van der Waals surface area contributed by atoms with Gasteiger partial charge in [-0.25, -0.2) is 5.84 Å². The number of nitrogens with one attached hydrogen (secondary N) is 2. The average molecular weight is 318 g/mol. The monoisotopic (exact) mass is 318 g/mol. The number of aromatic amines is 1. The van der Waals surface area contributed by atoms with E-state index in [2.05, 4.69) is 26.2 Å². The molecule has 1 amide bonds. The normalized spacial score (nSPS) is 10.8. The first-order valence-corrected chi connectivity index (χ1v) is 7.92. The number of carbonyl (C=O) groups excluding carboxylic acids is 1. The summed E-state index contributed by atoms with van der Waals surface area (Å²) < 4.78 is 3.29. The van der Waals surface area contributed by atoms with Crippen LogP contribution in [0.5, 0.6) is 0 Å². The van der Waals surface area contributed by atoms with Crippen LogP contribution in [0, 0.1) is 0 Å². The van der Waals surface area contributed by atoms with Gasteiger partial charge >= 0.3 is 0 Å². The Morgan fingerprint density at radius 1 is 1.38 bits per heavy atom. The minimum atomic E-state index is -0.328. The van der Waals surface area contributed by atoms with Gasteiger partial charge in [0.05, 0.1) is 15.4 Å². The van der Waals surface area contributed by atoms with E-state index in [1.807, 2.05) is 31.3 Å². The zero-order valence-corrected chi connectivity index (χ0v) is 12.9. The quantitative estimate of drug-likeness (QED) is 0.299. The molecule has 1 aromatic carbocycles. The molecule has 2 aromatic heterocycles. The first-order chi connectivity index (χ1) is 10.2. The second kappa shape index (κ2) is 5.80. The van der Waals surface area contributed by atoms with E-state index in [4.69, 9.17) is 5.84 Å². The number of H-pyrrole nitrogens is 1. The van der Waals surface area contributed by atoms with Crippen LogP contribution in [-0.2, 0) is 0 Å². The van der Waals surface area contributed by atoms with E-state index in [1.165, 1.54) is 4.21 Å². The molecule has 0 radical (unpaired) electrons. The van der Waals surface area contributed by atoms with E-state index in [0.29, 0.717) is 5.69 Å². The minimum absolute atomic E-state index is 0.328. The van der Waals surface area contributed by atoms with Gasteiger partial charge in [-0.2, -0.15) is 0 Å². The second-order valence-corrected chi connectivity index (χ2v) is 6.79. The maximum Gasteiger partial charge on any atom is 0.281 e. The van der Waals surface area contributed by atoms with Crippen LogP contribution >= 0.6 is 23.3 Å². The van der Waals surface area contributed by atoms with Gasteiger partial charge in [-0.3, -0.25) is 10.2 Å². The molecule has 0 atom stereocenters. The molecule has 3 rings (SSSR count). The smallest absolute Gasteiger partial charge is 0.281 e. The Morgan fingerprint density at radius 3 is 2.95 bits per heavy atom. The molecule has 0 saturated carbocycles. The number of nitrogens with two attached hydrogens (primary N) is 1. The number of nitrogen functional groups attached to an aromatic ring is 1. The van der Waals surface area contributed by atoms with E-state index in [9.17, 15) is 4.79 Å². The number of anilines is 1. The van der Waals surface area contributed by atoms with Gasteiger partial charge in [0.15, 0.2) is 0 Å². The van der Waals surface area contributed by atoms with Crippen LogP contribution in [0.1, 0.15) is 10.5 Å². The van der Waals surface area contributed by atoms with Gasteiger partial charge < -0.3 is 9.29 Å². The number of thiophene rings is 1. The summed E-state index contributed by atoms with van der Waals surface area (Å²) in [6.45, 7) is 0. The predicted molar refractivity (Wildman–Crippen MR) is 88.5 cm³/mol. The van der Waals surface area contributed by atoms with Crippen LogP contribution in [0.4, 0.5) is 5.69 Å². The summed E-state index contributed by atoms with van der Waals surface area (Å²) in [6, 6.07) is 11.9. The van der Waals surface area contributed by atoms with Gasteiger partial charge in [-0.1, -0.05) is 18.2 Å². The van der Waals surface area contributed by atoms with E-state index >= 15 is 0 Å². The van der Waals surface area contributed by atoms with Crippen molar-refractivity contribution in [1.29, 1.82) is 0 Å². The fourth-order valence-electron chi connectivity index (χ4n) is 2.10. The molecule has 0 bridgehead atoms. The Labute approximate surface area is 130 Å². The lowest BCUT2D eigenvalue weighted by Crippen LogP contribution is -2.30. The lowest BCUT2D eigenvalue weighted by Gasteiger charge is -2.17. The third-order valence-electron chi connectivity index (χ3n) is 3.07. The molecule has 0 saturated heterocycles. The van der Waals surface area contributed by atoms with Gasteiger partial charge in [0.1, 0.15) is 5.69 Å². The van der Waals surface area contributed by atoms with E-state index in [-0.39, 0.29) is 5.91 Å². The topological polar surface area (TPSA) is 74.2 Å². The summed E-state index contributed by atoms with van der Waals surface area (Å²) in [7, 11) is 2.00. The number of benzene rings is 1. The summed E-state index contributed by atoms with van der Waals surface area (Å²) in [5, 5.41) is 3.03. The van der Waals surface area contributed by atoms with Crippen molar-refractivity contribution in [2.75, 3.05) is 11.4 Å². The number of hydrogen-bond acceptors (Lipinski definition) is 5. The molecule has 0 aliphatic carbocycles. The van der Waals surface area contributed by atoms with E-state index in [1.54, 1.807) is 29.4 Å². The molecular weight excluding hydrogens is 304 g/mol. The average Bonchev–Trinajstić information content (AvgIpc) is 3.14. The first-order valence-electron chi connectivity index (χ1n) is 6.27. The summed E-state index contributed by atoms with van der Waals surface area (Å²) in [6.07, 6.45) is 0. The zero-order chi connectivity index (χ0) is 14.8. The zero-order valence-electron chi connectivity index (χ0n) is 11.3. The van der Waals surface area contributed by atoms with E-state index in [0.717, 1.165) is 16.6 Å². The molecule has 4 N–H and O–H groups in total. The van der Waals surface area contributed by atoms with Gasteiger partial charge in [-0.05, 0) is 35.5 Å². The molecule has 0 spiro atoms. The Balaban J connectivity index is 1.97. The third-order valence-corrected chi connectivity index (χ3v) is 5.03. The summed E-state index contributed by atoms with van der Waals surface area (Å²) in [5.74, 6) is 4.85. The molecule has 108 valence electrons. The van der Waals surface area contributed by atoms with Gasteiger partial charge in [0, 0.05) is 12.4 Å². The highest BCUT2D eigenvalue weighted by molar-refractivity contribution is 8.02. The van der Waals surface area contributed by atoms with Crippen LogP contribution in [0.15, 0.2) is 46.0 Å². The molecule has 2 heterocycles. The Bertz CT molecular complexity index is 766. The third kappa shape index (κ3) is 2.76. The summed E-state index contributed by atoms with van der Waals surface area (Å²) in [5.41, 5.74) is 4.53. The van der Waals surface area contributed by atoms with Gasteiger partial charge in [-0.15, -0.1) is 11.3 Å². The maximum atomic E-state index is 11.6. The molecule has 7 heteroatoms. The molecule has 3 aromatic rings. The number of nitrogens with zero attached hydrogens (tertiary/aromatic N) is 1. The maximum absolute atomic E-state index is 11.6. The molecule has 5 nitrogen and oxygen atoms in total. The SMILES string of the molecule is CN(Sc1cccs1)c1cccc2cc(C(=O)NN)[nH]c12. The lowest BCUT2D eigenvalue weighted by atomic mass is 10.2. The Kier molecular flexibility index (Phi) is 3.87. The van der Waals surface area contributed by atoms with Crippen molar-refractivity contribution in [3.8, 4) is 0 Å². The first kappa shape index (κ1) is 14.0. The number of aromatic nitrogens is 1. The van der Waals surface area contributed by atoms with Crippen molar-refractivity contribution in [3.05, 3.63) is 47.5 Å². The minimum Gasteiger partial charge on any atom is -0.349 e. The van der Waals surface area contributed by atoms with Crippen LogP contribution in [0.2, 0.25) is 0 Å². The van der Waals surface area contributed by atoms with Gasteiger partial charge in [0.2, 0.25) is 0 Å². The van der Waals surface area contributed by atoms with Crippen LogP contribution in [-0.4, -0.2) is 17.9 Å². The summed E-state index contributed by atoms with van der Waals surface area (Å²) >= 11 is 3.34. The predicted octanol–water partition coefficient (Wildman–Crippen LogP) is 2.98. The molecule has 0 unspecified atom stereocenters.